The first kappa shape index (κ1) is 12.7. The molecule has 0 aromatic carbocycles. The maximum Gasteiger partial charge on any atom is 0.134 e. The molecule has 1 rings (SSSR count). The number of nitrogens with one attached hydrogen (secondary N) is 1. The number of nitrogen functional groups attached to an aromatic ring is 1. The Labute approximate surface area is 94.5 Å². The van der Waals surface area contributed by atoms with Crippen LogP contribution in [-0.4, -0.2) is 38.9 Å². The minimum absolute atomic E-state index is 0.195. The van der Waals surface area contributed by atoms with E-state index in [4.69, 9.17) is 10.8 Å². The Bertz CT molecular complexity index is 379. The topological polar surface area (TPSA) is 104 Å². The van der Waals surface area contributed by atoms with Gasteiger partial charge in [0.1, 0.15) is 23.1 Å². The fourth-order valence-electron chi connectivity index (χ4n) is 1.15. The average Bonchev–Trinajstić information content (AvgIpc) is 2.21. The van der Waals surface area contributed by atoms with E-state index in [2.05, 4.69) is 15.3 Å². The van der Waals surface area contributed by atoms with Crippen molar-refractivity contribution in [1.82, 2.24) is 9.97 Å². The summed E-state index contributed by atoms with van der Waals surface area (Å²) in [7, 11) is 0. The van der Waals surface area contributed by atoms with Crippen LogP contribution in [0.3, 0.4) is 0 Å². The zero-order valence-electron chi connectivity index (χ0n) is 9.78. The predicted molar refractivity (Wildman–Crippen MR) is 62.1 cm³/mol. The lowest BCUT2D eigenvalue weighted by Gasteiger charge is -2.21. The summed E-state index contributed by atoms with van der Waals surface area (Å²) < 4.78 is 0. The van der Waals surface area contributed by atoms with E-state index < -0.39 is 5.60 Å². The van der Waals surface area contributed by atoms with Crippen molar-refractivity contribution in [2.24, 2.45) is 0 Å². The van der Waals surface area contributed by atoms with Crippen molar-refractivity contribution in [3.63, 3.8) is 0 Å². The Hall–Kier alpha value is -1.40. The second kappa shape index (κ2) is 4.63. The first-order valence-corrected chi connectivity index (χ1v) is 5.03. The Balaban J connectivity index is 2.82. The van der Waals surface area contributed by atoms with Crippen LogP contribution in [0.1, 0.15) is 18.3 Å². The summed E-state index contributed by atoms with van der Waals surface area (Å²) in [6.07, 6.45) is 0. The number of rotatable bonds is 4. The highest BCUT2D eigenvalue weighted by Crippen LogP contribution is 2.17. The van der Waals surface area contributed by atoms with Crippen LogP contribution in [0.5, 0.6) is 0 Å². The molecule has 0 aliphatic heterocycles. The third kappa shape index (κ3) is 3.04. The molecule has 1 aromatic heterocycles. The largest absolute Gasteiger partial charge is 0.393 e. The molecule has 1 aromatic rings. The van der Waals surface area contributed by atoms with Crippen molar-refractivity contribution in [2.45, 2.75) is 26.4 Å². The number of aromatic nitrogens is 2. The molecule has 1 unspecified atom stereocenters. The third-order valence-electron chi connectivity index (χ3n) is 2.27. The van der Waals surface area contributed by atoms with Crippen LogP contribution in [0, 0.1) is 13.8 Å². The monoisotopic (exact) mass is 226 g/mol. The van der Waals surface area contributed by atoms with E-state index in [0.717, 1.165) is 5.56 Å². The van der Waals surface area contributed by atoms with Crippen molar-refractivity contribution in [3.8, 4) is 0 Å². The molecular formula is C10H18N4O2. The molecule has 6 nitrogen and oxygen atoms in total. The van der Waals surface area contributed by atoms with E-state index in [9.17, 15) is 5.11 Å². The second-order valence-corrected chi connectivity index (χ2v) is 4.14. The summed E-state index contributed by atoms with van der Waals surface area (Å²) in [5.74, 6) is 1.56. The van der Waals surface area contributed by atoms with Crippen molar-refractivity contribution >= 4 is 11.6 Å². The minimum atomic E-state index is -1.18. The number of nitrogens with two attached hydrogens (primary N) is 1. The van der Waals surface area contributed by atoms with E-state index in [0.29, 0.717) is 17.5 Å². The van der Waals surface area contributed by atoms with Gasteiger partial charge in [-0.2, -0.15) is 0 Å². The second-order valence-electron chi connectivity index (χ2n) is 4.14. The Kier molecular flexibility index (Phi) is 3.66. The molecule has 0 fully saturated rings. The summed E-state index contributed by atoms with van der Waals surface area (Å²) in [4.78, 5) is 8.19. The van der Waals surface area contributed by atoms with Crippen LogP contribution in [0.2, 0.25) is 0 Å². The first-order chi connectivity index (χ1) is 7.35. The summed E-state index contributed by atoms with van der Waals surface area (Å²) in [6, 6.07) is 0. The number of anilines is 2. The summed E-state index contributed by atoms with van der Waals surface area (Å²) >= 11 is 0. The van der Waals surface area contributed by atoms with Crippen LogP contribution in [0.4, 0.5) is 11.6 Å². The van der Waals surface area contributed by atoms with E-state index in [-0.39, 0.29) is 13.2 Å². The van der Waals surface area contributed by atoms with Gasteiger partial charge in [-0.3, -0.25) is 0 Å². The van der Waals surface area contributed by atoms with Gasteiger partial charge in [-0.15, -0.1) is 0 Å². The van der Waals surface area contributed by atoms with E-state index in [1.165, 1.54) is 6.92 Å². The van der Waals surface area contributed by atoms with Gasteiger partial charge in [-0.25, -0.2) is 9.97 Å². The summed E-state index contributed by atoms with van der Waals surface area (Å²) in [5, 5.41) is 21.5. The van der Waals surface area contributed by atoms with Gasteiger partial charge in [0.25, 0.3) is 0 Å². The maximum absolute atomic E-state index is 9.63. The van der Waals surface area contributed by atoms with E-state index in [1.54, 1.807) is 13.8 Å². The zero-order valence-corrected chi connectivity index (χ0v) is 9.78. The van der Waals surface area contributed by atoms with Gasteiger partial charge >= 0.3 is 0 Å². The molecule has 5 N–H and O–H groups in total. The molecule has 0 aliphatic rings. The van der Waals surface area contributed by atoms with E-state index in [1.807, 2.05) is 0 Å². The summed E-state index contributed by atoms with van der Waals surface area (Å²) in [5.41, 5.74) is 5.25. The van der Waals surface area contributed by atoms with Crippen LogP contribution in [0.15, 0.2) is 0 Å². The SMILES string of the molecule is Cc1nc(N)c(C)c(NCC(C)(O)CO)n1. The molecule has 6 heteroatoms. The molecule has 1 heterocycles. The zero-order chi connectivity index (χ0) is 12.3. The Morgan fingerprint density at radius 2 is 2.00 bits per heavy atom. The number of hydrogen-bond acceptors (Lipinski definition) is 6. The van der Waals surface area contributed by atoms with Gasteiger partial charge in [0.05, 0.1) is 6.61 Å². The number of aliphatic hydroxyl groups excluding tert-OH is 1. The van der Waals surface area contributed by atoms with Gasteiger partial charge in [0.15, 0.2) is 0 Å². The van der Waals surface area contributed by atoms with Crippen molar-refractivity contribution < 1.29 is 10.2 Å². The Morgan fingerprint density at radius 1 is 1.38 bits per heavy atom. The van der Waals surface area contributed by atoms with Gasteiger partial charge in [-0.05, 0) is 20.8 Å². The smallest absolute Gasteiger partial charge is 0.134 e. The van der Waals surface area contributed by atoms with Gasteiger partial charge in [0, 0.05) is 12.1 Å². The van der Waals surface area contributed by atoms with Crippen molar-refractivity contribution in [2.75, 3.05) is 24.2 Å². The number of hydrogen-bond donors (Lipinski definition) is 4. The van der Waals surface area contributed by atoms with Gasteiger partial charge in [0.2, 0.25) is 0 Å². The number of aliphatic hydroxyl groups is 2. The molecule has 0 bridgehead atoms. The molecule has 16 heavy (non-hydrogen) atoms. The molecule has 0 amide bonds. The molecular weight excluding hydrogens is 208 g/mol. The lowest BCUT2D eigenvalue weighted by atomic mass is 10.1. The molecule has 90 valence electrons. The lowest BCUT2D eigenvalue weighted by Crippen LogP contribution is -2.37. The molecule has 0 saturated carbocycles. The van der Waals surface area contributed by atoms with Crippen LogP contribution in [-0.2, 0) is 0 Å². The molecule has 0 spiro atoms. The number of aryl methyl sites for hydroxylation is 1. The predicted octanol–water partition coefficient (Wildman–Crippen LogP) is -0.169. The molecule has 0 aliphatic carbocycles. The number of nitrogens with zero attached hydrogens (tertiary/aromatic N) is 2. The molecule has 1 atom stereocenters. The third-order valence-corrected chi connectivity index (χ3v) is 2.27. The van der Waals surface area contributed by atoms with Gasteiger partial charge < -0.3 is 21.3 Å². The van der Waals surface area contributed by atoms with Crippen LogP contribution < -0.4 is 11.1 Å². The van der Waals surface area contributed by atoms with Gasteiger partial charge in [-0.1, -0.05) is 0 Å². The molecule has 0 radical (unpaired) electrons. The minimum Gasteiger partial charge on any atom is -0.393 e. The van der Waals surface area contributed by atoms with Crippen LogP contribution >= 0.6 is 0 Å². The highest BCUT2D eigenvalue weighted by Gasteiger charge is 2.19. The normalized spacial score (nSPS) is 14.6. The summed E-state index contributed by atoms with van der Waals surface area (Å²) in [6.45, 7) is 4.95. The first-order valence-electron chi connectivity index (χ1n) is 5.03. The molecule has 0 saturated heterocycles. The fraction of sp³-hybridized carbons (Fsp3) is 0.600. The fourth-order valence-corrected chi connectivity index (χ4v) is 1.15. The maximum atomic E-state index is 9.63. The quantitative estimate of drug-likeness (QED) is 0.568. The lowest BCUT2D eigenvalue weighted by molar-refractivity contribution is 0.0131. The van der Waals surface area contributed by atoms with Crippen molar-refractivity contribution in [3.05, 3.63) is 11.4 Å². The average molecular weight is 226 g/mol. The standard InChI is InChI=1S/C10H18N4O2/c1-6-8(11)13-7(2)14-9(6)12-4-10(3,16)5-15/h15-16H,4-5H2,1-3H3,(H3,11,12,13,14). The highest BCUT2D eigenvalue weighted by atomic mass is 16.3. The highest BCUT2D eigenvalue weighted by molar-refractivity contribution is 5.54. The van der Waals surface area contributed by atoms with Crippen LogP contribution in [0.25, 0.3) is 0 Å². The van der Waals surface area contributed by atoms with Crippen molar-refractivity contribution in [1.29, 1.82) is 0 Å². The van der Waals surface area contributed by atoms with E-state index >= 15 is 0 Å². The Morgan fingerprint density at radius 3 is 2.56 bits per heavy atom.